The molecule has 4 heteroatoms. The summed E-state index contributed by atoms with van der Waals surface area (Å²) in [5, 5.41) is 0. The number of nitrogens with zero attached hydrogens (tertiary/aromatic N) is 1. The van der Waals surface area contributed by atoms with Crippen molar-refractivity contribution in [1.82, 2.24) is 4.98 Å². The van der Waals surface area contributed by atoms with E-state index >= 15 is 0 Å². The SMILES string of the molecule is CC1(C)CCC(Oc2c(N)cncc2Br)CC1. The third-order valence-corrected chi connectivity index (χ3v) is 4.02. The molecule has 17 heavy (non-hydrogen) atoms. The number of hydrogen-bond donors (Lipinski definition) is 1. The molecule has 0 aliphatic heterocycles. The van der Waals surface area contributed by atoms with Gasteiger partial charge < -0.3 is 10.5 Å². The van der Waals surface area contributed by atoms with Crippen LogP contribution in [0.3, 0.4) is 0 Å². The van der Waals surface area contributed by atoms with Crippen molar-refractivity contribution in [3.63, 3.8) is 0 Å². The first kappa shape index (κ1) is 12.7. The summed E-state index contributed by atoms with van der Waals surface area (Å²) < 4.78 is 6.83. The molecule has 1 fully saturated rings. The average Bonchev–Trinajstić information content (AvgIpc) is 2.26. The van der Waals surface area contributed by atoms with E-state index in [0.717, 1.165) is 23.1 Å². The Balaban J connectivity index is 2.03. The van der Waals surface area contributed by atoms with Crippen molar-refractivity contribution in [3.8, 4) is 5.75 Å². The van der Waals surface area contributed by atoms with Gasteiger partial charge in [-0.1, -0.05) is 13.8 Å². The van der Waals surface area contributed by atoms with E-state index in [1.165, 1.54) is 12.8 Å². The molecular formula is C13H19BrN2O. The first-order valence-corrected chi connectivity index (χ1v) is 6.83. The van der Waals surface area contributed by atoms with Gasteiger partial charge in [-0.15, -0.1) is 0 Å². The summed E-state index contributed by atoms with van der Waals surface area (Å²) in [6, 6.07) is 0. The largest absolute Gasteiger partial charge is 0.487 e. The van der Waals surface area contributed by atoms with Crippen LogP contribution in [0.1, 0.15) is 39.5 Å². The highest BCUT2D eigenvalue weighted by molar-refractivity contribution is 9.10. The predicted molar refractivity (Wildman–Crippen MR) is 73.0 cm³/mol. The van der Waals surface area contributed by atoms with Crippen molar-refractivity contribution < 1.29 is 4.74 Å². The molecule has 1 aliphatic carbocycles. The second-order valence-corrected chi connectivity index (χ2v) is 6.38. The Hall–Kier alpha value is -0.770. The molecule has 94 valence electrons. The van der Waals surface area contributed by atoms with Gasteiger partial charge in [0.2, 0.25) is 0 Å². The van der Waals surface area contributed by atoms with Gasteiger partial charge in [-0.25, -0.2) is 0 Å². The minimum Gasteiger partial charge on any atom is -0.487 e. The van der Waals surface area contributed by atoms with E-state index in [1.54, 1.807) is 12.4 Å². The van der Waals surface area contributed by atoms with Crippen LogP contribution in [0.15, 0.2) is 16.9 Å². The number of pyridine rings is 1. The van der Waals surface area contributed by atoms with Crippen LogP contribution in [0, 0.1) is 5.41 Å². The summed E-state index contributed by atoms with van der Waals surface area (Å²) in [5.41, 5.74) is 6.93. The Morgan fingerprint density at radius 1 is 1.35 bits per heavy atom. The molecule has 0 unspecified atom stereocenters. The summed E-state index contributed by atoms with van der Waals surface area (Å²) in [7, 11) is 0. The van der Waals surface area contributed by atoms with E-state index < -0.39 is 0 Å². The number of nitrogen functional groups attached to an aromatic ring is 1. The van der Waals surface area contributed by atoms with E-state index in [4.69, 9.17) is 10.5 Å². The topological polar surface area (TPSA) is 48.1 Å². The van der Waals surface area contributed by atoms with Crippen LogP contribution in [0.2, 0.25) is 0 Å². The van der Waals surface area contributed by atoms with Crippen molar-refractivity contribution in [1.29, 1.82) is 0 Å². The minimum atomic E-state index is 0.282. The van der Waals surface area contributed by atoms with Crippen LogP contribution in [-0.4, -0.2) is 11.1 Å². The lowest BCUT2D eigenvalue weighted by Crippen LogP contribution is -2.28. The molecule has 0 amide bonds. The Morgan fingerprint density at radius 3 is 2.59 bits per heavy atom. The van der Waals surface area contributed by atoms with Crippen molar-refractivity contribution in [2.45, 2.75) is 45.6 Å². The zero-order valence-corrected chi connectivity index (χ0v) is 12.0. The number of halogens is 1. The quantitative estimate of drug-likeness (QED) is 0.904. The van der Waals surface area contributed by atoms with Crippen LogP contribution >= 0.6 is 15.9 Å². The van der Waals surface area contributed by atoms with Crippen LogP contribution in [0.25, 0.3) is 0 Å². The lowest BCUT2D eigenvalue weighted by atomic mass is 9.76. The second kappa shape index (κ2) is 4.84. The molecule has 0 atom stereocenters. The number of anilines is 1. The van der Waals surface area contributed by atoms with Crippen LogP contribution in [-0.2, 0) is 0 Å². The number of aromatic nitrogens is 1. The van der Waals surface area contributed by atoms with Crippen molar-refractivity contribution in [3.05, 3.63) is 16.9 Å². The van der Waals surface area contributed by atoms with Gasteiger partial charge in [-0.05, 0) is 47.0 Å². The lowest BCUT2D eigenvalue weighted by Gasteiger charge is -2.34. The Labute approximate surface area is 111 Å². The summed E-state index contributed by atoms with van der Waals surface area (Å²) in [6.45, 7) is 4.64. The van der Waals surface area contributed by atoms with Gasteiger partial charge in [0.1, 0.15) is 0 Å². The molecule has 0 bridgehead atoms. The fourth-order valence-corrected chi connectivity index (χ4v) is 2.66. The highest BCUT2D eigenvalue weighted by Crippen LogP contribution is 2.38. The Morgan fingerprint density at radius 2 is 2.00 bits per heavy atom. The third-order valence-electron chi connectivity index (χ3n) is 3.45. The second-order valence-electron chi connectivity index (χ2n) is 5.52. The molecule has 0 spiro atoms. The fraction of sp³-hybridized carbons (Fsp3) is 0.615. The van der Waals surface area contributed by atoms with E-state index in [2.05, 4.69) is 34.8 Å². The predicted octanol–water partition coefficient (Wildman–Crippen LogP) is 3.77. The molecule has 1 aliphatic rings. The highest BCUT2D eigenvalue weighted by Gasteiger charge is 2.28. The normalized spacial score (nSPS) is 20.2. The zero-order valence-electron chi connectivity index (χ0n) is 10.4. The average molecular weight is 299 g/mol. The summed E-state index contributed by atoms with van der Waals surface area (Å²) in [4.78, 5) is 4.01. The molecule has 3 nitrogen and oxygen atoms in total. The van der Waals surface area contributed by atoms with Crippen molar-refractivity contribution >= 4 is 21.6 Å². The lowest BCUT2D eigenvalue weighted by molar-refractivity contribution is 0.0987. The molecule has 1 aromatic heterocycles. The summed E-state index contributed by atoms with van der Waals surface area (Å²) in [6.07, 6.45) is 8.25. The van der Waals surface area contributed by atoms with E-state index in [1.807, 2.05) is 0 Å². The maximum absolute atomic E-state index is 6.00. The molecular weight excluding hydrogens is 280 g/mol. The third kappa shape index (κ3) is 3.12. The van der Waals surface area contributed by atoms with E-state index in [0.29, 0.717) is 11.1 Å². The Bertz CT molecular complexity index is 376. The number of nitrogens with two attached hydrogens (primary N) is 1. The van der Waals surface area contributed by atoms with Gasteiger partial charge >= 0.3 is 0 Å². The van der Waals surface area contributed by atoms with Gasteiger partial charge in [0.05, 0.1) is 22.5 Å². The van der Waals surface area contributed by atoms with Crippen LogP contribution in [0.5, 0.6) is 5.75 Å². The summed E-state index contributed by atoms with van der Waals surface area (Å²) >= 11 is 3.43. The monoisotopic (exact) mass is 298 g/mol. The standard InChI is InChI=1S/C13H19BrN2O/c1-13(2)5-3-9(4-6-13)17-12-10(14)7-16-8-11(12)15/h7-9H,3-6,15H2,1-2H3. The summed E-state index contributed by atoms with van der Waals surface area (Å²) in [5.74, 6) is 0.740. The maximum Gasteiger partial charge on any atom is 0.159 e. The van der Waals surface area contributed by atoms with Gasteiger partial charge in [-0.3, -0.25) is 4.98 Å². The first-order chi connectivity index (χ1) is 7.98. The number of rotatable bonds is 2. The van der Waals surface area contributed by atoms with Crippen LogP contribution < -0.4 is 10.5 Å². The number of ether oxygens (including phenoxy) is 1. The highest BCUT2D eigenvalue weighted by atomic mass is 79.9. The van der Waals surface area contributed by atoms with Gasteiger partial charge in [-0.2, -0.15) is 0 Å². The molecule has 1 heterocycles. The molecule has 0 saturated heterocycles. The first-order valence-electron chi connectivity index (χ1n) is 6.03. The van der Waals surface area contributed by atoms with Crippen molar-refractivity contribution in [2.75, 3.05) is 5.73 Å². The van der Waals surface area contributed by atoms with Gasteiger partial charge in [0.15, 0.2) is 5.75 Å². The molecule has 1 aromatic rings. The molecule has 1 saturated carbocycles. The van der Waals surface area contributed by atoms with Gasteiger partial charge in [0.25, 0.3) is 0 Å². The maximum atomic E-state index is 6.00. The van der Waals surface area contributed by atoms with E-state index in [-0.39, 0.29) is 6.10 Å². The number of hydrogen-bond acceptors (Lipinski definition) is 3. The smallest absolute Gasteiger partial charge is 0.159 e. The van der Waals surface area contributed by atoms with Crippen LogP contribution in [0.4, 0.5) is 5.69 Å². The Kier molecular flexibility index (Phi) is 3.61. The fourth-order valence-electron chi connectivity index (χ4n) is 2.22. The van der Waals surface area contributed by atoms with Gasteiger partial charge in [0, 0.05) is 6.20 Å². The van der Waals surface area contributed by atoms with E-state index in [9.17, 15) is 0 Å². The minimum absolute atomic E-state index is 0.282. The molecule has 2 rings (SSSR count). The molecule has 2 N–H and O–H groups in total. The molecule has 0 radical (unpaired) electrons. The molecule has 0 aromatic carbocycles. The van der Waals surface area contributed by atoms with Crippen molar-refractivity contribution in [2.24, 2.45) is 5.41 Å². The zero-order chi connectivity index (χ0) is 12.5.